The van der Waals surface area contributed by atoms with E-state index in [-0.39, 0.29) is 30.8 Å². The summed E-state index contributed by atoms with van der Waals surface area (Å²) in [5.74, 6) is -0.692. The fourth-order valence-corrected chi connectivity index (χ4v) is 3.23. The van der Waals surface area contributed by atoms with E-state index in [9.17, 15) is 9.59 Å². The van der Waals surface area contributed by atoms with Crippen LogP contribution in [-0.2, 0) is 16.0 Å². The van der Waals surface area contributed by atoms with Crippen LogP contribution in [0.15, 0.2) is 54.6 Å². The van der Waals surface area contributed by atoms with Crippen LogP contribution in [0, 0.1) is 0 Å². The topological polar surface area (TPSA) is 97.1 Å². The van der Waals surface area contributed by atoms with E-state index in [0.717, 1.165) is 15.8 Å². The molecule has 2 amide bonds. The van der Waals surface area contributed by atoms with Crippen LogP contribution >= 0.6 is 23.7 Å². The smallest absolute Gasteiger partial charge is 0.245 e. The van der Waals surface area contributed by atoms with E-state index in [1.807, 2.05) is 54.6 Å². The number of aromatic nitrogens is 1. The number of hydrogen-bond acceptors (Lipinski definition) is 5. The predicted molar refractivity (Wildman–Crippen MR) is 107 cm³/mol. The van der Waals surface area contributed by atoms with Crippen molar-refractivity contribution in [3.05, 3.63) is 60.2 Å². The number of benzene rings is 2. The number of rotatable bonds is 6. The molecule has 1 heterocycles. The summed E-state index contributed by atoms with van der Waals surface area (Å²) in [5.41, 5.74) is 7.69. The zero-order valence-electron chi connectivity index (χ0n) is 13.8. The molecule has 1 atom stereocenters. The number of hydrogen-bond donors (Lipinski definition) is 3. The van der Waals surface area contributed by atoms with Crippen molar-refractivity contribution in [1.29, 1.82) is 0 Å². The van der Waals surface area contributed by atoms with Gasteiger partial charge in [-0.2, -0.15) is 0 Å². The Labute approximate surface area is 161 Å². The number of nitrogens with zero attached hydrogens (tertiary/aromatic N) is 1. The largest absolute Gasteiger partial charge is 0.346 e. The third-order valence-corrected chi connectivity index (χ3v) is 4.55. The quantitative estimate of drug-likeness (QED) is 0.601. The van der Waals surface area contributed by atoms with E-state index in [2.05, 4.69) is 15.6 Å². The van der Waals surface area contributed by atoms with Gasteiger partial charge in [0.15, 0.2) is 5.13 Å². The number of para-hydroxylation sites is 1. The second-order valence-corrected chi connectivity index (χ2v) is 6.58. The van der Waals surface area contributed by atoms with Crippen LogP contribution in [0.2, 0.25) is 0 Å². The first-order valence-corrected chi connectivity index (χ1v) is 8.66. The molecule has 3 aromatic rings. The van der Waals surface area contributed by atoms with Crippen LogP contribution in [-0.4, -0.2) is 29.4 Å². The summed E-state index contributed by atoms with van der Waals surface area (Å²) < 4.78 is 0.992. The van der Waals surface area contributed by atoms with Gasteiger partial charge in [0, 0.05) is 0 Å². The van der Waals surface area contributed by atoms with Crippen LogP contribution in [0.1, 0.15) is 5.56 Å². The Morgan fingerprint density at radius 1 is 1.08 bits per heavy atom. The SMILES string of the molecule is Cl.N[C@@H](Cc1ccccc1)C(=O)NCC(=O)Nc1nc2ccccc2s1. The van der Waals surface area contributed by atoms with Gasteiger partial charge in [0.05, 0.1) is 22.8 Å². The molecule has 0 saturated carbocycles. The van der Waals surface area contributed by atoms with Gasteiger partial charge in [0.25, 0.3) is 0 Å². The highest BCUT2D eigenvalue weighted by molar-refractivity contribution is 7.22. The molecule has 4 N–H and O–H groups in total. The lowest BCUT2D eigenvalue weighted by molar-refractivity contribution is -0.125. The van der Waals surface area contributed by atoms with Gasteiger partial charge in [-0.05, 0) is 24.1 Å². The minimum Gasteiger partial charge on any atom is -0.346 e. The third kappa shape index (κ3) is 5.26. The molecule has 136 valence electrons. The highest BCUT2D eigenvalue weighted by Crippen LogP contribution is 2.25. The number of halogens is 1. The van der Waals surface area contributed by atoms with Gasteiger partial charge >= 0.3 is 0 Å². The highest BCUT2D eigenvalue weighted by atomic mass is 35.5. The maximum Gasteiger partial charge on any atom is 0.245 e. The van der Waals surface area contributed by atoms with Crippen LogP contribution in [0.3, 0.4) is 0 Å². The number of nitrogens with two attached hydrogens (primary N) is 1. The summed E-state index contributed by atoms with van der Waals surface area (Å²) in [7, 11) is 0. The zero-order chi connectivity index (χ0) is 17.6. The molecule has 3 rings (SSSR count). The van der Waals surface area contributed by atoms with Crippen LogP contribution < -0.4 is 16.4 Å². The second-order valence-electron chi connectivity index (χ2n) is 5.55. The fraction of sp³-hybridized carbons (Fsp3) is 0.167. The van der Waals surface area contributed by atoms with Crippen molar-refractivity contribution in [2.75, 3.05) is 11.9 Å². The van der Waals surface area contributed by atoms with E-state index in [1.165, 1.54) is 11.3 Å². The Morgan fingerprint density at radius 3 is 2.50 bits per heavy atom. The van der Waals surface area contributed by atoms with E-state index in [4.69, 9.17) is 5.73 Å². The summed E-state index contributed by atoms with van der Waals surface area (Å²) in [5, 5.41) is 5.75. The minimum atomic E-state index is -0.697. The van der Waals surface area contributed by atoms with Gasteiger partial charge in [0.1, 0.15) is 0 Å². The normalized spacial score (nSPS) is 11.4. The Hall–Kier alpha value is -2.48. The number of amides is 2. The zero-order valence-corrected chi connectivity index (χ0v) is 15.5. The standard InChI is InChI=1S/C18H18N4O2S.ClH/c19-13(10-12-6-2-1-3-7-12)17(24)20-11-16(23)22-18-21-14-8-4-5-9-15(14)25-18;/h1-9,13H,10-11,19H2,(H,20,24)(H,21,22,23);1H/t13-;/m0./s1. The fourth-order valence-electron chi connectivity index (χ4n) is 2.35. The molecular weight excluding hydrogens is 372 g/mol. The summed E-state index contributed by atoms with van der Waals surface area (Å²) in [6, 6.07) is 16.4. The molecule has 2 aromatic carbocycles. The minimum absolute atomic E-state index is 0. The Bertz CT molecular complexity index is 852. The number of anilines is 1. The molecule has 1 aromatic heterocycles. The van der Waals surface area contributed by atoms with Crippen molar-refractivity contribution < 1.29 is 9.59 Å². The summed E-state index contributed by atoms with van der Waals surface area (Å²) in [6.45, 7) is -0.142. The first-order valence-electron chi connectivity index (χ1n) is 7.84. The van der Waals surface area contributed by atoms with Crippen molar-refractivity contribution in [1.82, 2.24) is 10.3 Å². The Morgan fingerprint density at radius 2 is 1.77 bits per heavy atom. The molecule has 26 heavy (non-hydrogen) atoms. The van der Waals surface area contributed by atoms with E-state index >= 15 is 0 Å². The van der Waals surface area contributed by atoms with Crippen molar-refractivity contribution in [3.63, 3.8) is 0 Å². The van der Waals surface area contributed by atoms with E-state index in [0.29, 0.717) is 11.6 Å². The van der Waals surface area contributed by atoms with Crippen molar-refractivity contribution in [3.8, 4) is 0 Å². The van der Waals surface area contributed by atoms with Gasteiger partial charge in [-0.1, -0.05) is 53.8 Å². The molecule has 0 aliphatic rings. The predicted octanol–water partition coefficient (Wildman–Crippen LogP) is 2.34. The number of carbonyl (C=O) groups is 2. The molecule has 8 heteroatoms. The molecule has 0 fully saturated rings. The Balaban J connectivity index is 0.00000243. The van der Waals surface area contributed by atoms with E-state index < -0.39 is 6.04 Å². The van der Waals surface area contributed by atoms with Crippen molar-refractivity contribution in [2.45, 2.75) is 12.5 Å². The lowest BCUT2D eigenvalue weighted by Gasteiger charge is -2.12. The van der Waals surface area contributed by atoms with Crippen LogP contribution in [0.5, 0.6) is 0 Å². The van der Waals surface area contributed by atoms with Crippen molar-refractivity contribution >= 4 is 50.9 Å². The molecule has 0 bridgehead atoms. The maximum absolute atomic E-state index is 12.0. The molecule has 0 saturated heterocycles. The first-order chi connectivity index (χ1) is 12.1. The monoisotopic (exact) mass is 390 g/mol. The van der Waals surface area contributed by atoms with Gasteiger partial charge in [-0.3, -0.25) is 9.59 Å². The van der Waals surface area contributed by atoms with Crippen molar-refractivity contribution in [2.24, 2.45) is 5.73 Å². The lowest BCUT2D eigenvalue weighted by atomic mass is 10.1. The summed E-state index contributed by atoms with van der Waals surface area (Å²) >= 11 is 1.39. The summed E-state index contributed by atoms with van der Waals surface area (Å²) in [4.78, 5) is 28.3. The van der Waals surface area contributed by atoms with Gasteiger partial charge in [0.2, 0.25) is 11.8 Å². The molecule has 0 unspecified atom stereocenters. The molecule has 6 nitrogen and oxygen atoms in total. The first kappa shape index (κ1) is 19.8. The molecule has 0 spiro atoms. The molecule has 0 radical (unpaired) electrons. The third-order valence-electron chi connectivity index (χ3n) is 3.60. The highest BCUT2D eigenvalue weighted by Gasteiger charge is 2.15. The van der Waals surface area contributed by atoms with Gasteiger partial charge < -0.3 is 16.4 Å². The summed E-state index contributed by atoms with van der Waals surface area (Å²) in [6.07, 6.45) is 0.423. The molecule has 0 aliphatic heterocycles. The Kier molecular flexibility index (Phi) is 7.08. The van der Waals surface area contributed by atoms with Crippen LogP contribution in [0.4, 0.5) is 5.13 Å². The van der Waals surface area contributed by atoms with Crippen LogP contribution in [0.25, 0.3) is 10.2 Å². The number of thiazole rings is 1. The number of fused-ring (bicyclic) bond motifs is 1. The van der Waals surface area contributed by atoms with E-state index in [1.54, 1.807) is 0 Å². The van der Waals surface area contributed by atoms with Gasteiger partial charge in [-0.25, -0.2) is 4.98 Å². The second kappa shape index (κ2) is 9.28. The lowest BCUT2D eigenvalue weighted by Crippen LogP contribution is -2.44. The average Bonchev–Trinajstić information content (AvgIpc) is 3.02. The molecular formula is C18H19ClN4O2S. The van der Waals surface area contributed by atoms with Gasteiger partial charge in [-0.15, -0.1) is 12.4 Å². The number of nitrogens with one attached hydrogen (secondary N) is 2. The average molecular weight is 391 g/mol. The maximum atomic E-state index is 12.0. The number of carbonyl (C=O) groups excluding carboxylic acids is 2. The molecule has 0 aliphatic carbocycles.